The average Bonchev–Trinajstić information content (AvgIpc) is 3.16. The summed E-state index contributed by atoms with van der Waals surface area (Å²) in [5, 5.41) is 5.53. The molecule has 2 aromatic rings. The standard InChI is InChI=1S/C15H12N2O2S/c1-2-4-10(5-3-1)14-16-17-15(20-14)11-6-7-12-13(8-11)19-9-18-12/h1-8,15,17H,9H2/t15-/m0/s1. The summed E-state index contributed by atoms with van der Waals surface area (Å²) in [6.45, 7) is 0.301. The second-order valence-corrected chi connectivity index (χ2v) is 5.62. The molecule has 0 aromatic heterocycles. The van der Waals surface area contributed by atoms with Crippen molar-refractivity contribution in [2.45, 2.75) is 5.37 Å². The maximum atomic E-state index is 5.41. The number of benzene rings is 2. The van der Waals surface area contributed by atoms with Crippen molar-refractivity contribution in [2.75, 3.05) is 6.79 Å². The van der Waals surface area contributed by atoms with E-state index in [4.69, 9.17) is 9.47 Å². The van der Waals surface area contributed by atoms with E-state index in [1.54, 1.807) is 11.8 Å². The third-order valence-corrected chi connectivity index (χ3v) is 4.40. The van der Waals surface area contributed by atoms with Crippen LogP contribution in [-0.2, 0) is 0 Å². The molecule has 100 valence electrons. The van der Waals surface area contributed by atoms with Gasteiger partial charge >= 0.3 is 0 Å². The molecule has 0 radical (unpaired) electrons. The van der Waals surface area contributed by atoms with Crippen LogP contribution in [0.5, 0.6) is 11.5 Å². The number of hydrogen-bond acceptors (Lipinski definition) is 5. The Labute approximate surface area is 120 Å². The summed E-state index contributed by atoms with van der Waals surface area (Å²) in [5.41, 5.74) is 5.43. The zero-order valence-corrected chi connectivity index (χ0v) is 11.4. The molecule has 0 spiro atoms. The molecule has 4 nitrogen and oxygen atoms in total. The molecule has 4 rings (SSSR count). The van der Waals surface area contributed by atoms with E-state index in [1.165, 1.54) is 0 Å². The molecule has 2 aliphatic heterocycles. The molecule has 0 unspecified atom stereocenters. The molecule has 5 heteroatoms. The molecule has 2 aromatic carbocycles. The van der Waals surface area contributed by atoms with Crippen molar-refractivity contribution < 1.29 is 9.47 Å². The largest absolute Gasteiger partial charge is 0.454 e. The number of nitrogens with one attached hydrogen (secondary N) is 1. The number of rotatable bonds is 2. The van der Waals surface area contributed by atoms with E-state index in [0.29, 0.717) is 6.79 Å². The minimum Gasteiger partial charge on any atom is -0.454 e. The molecule has 0 saturated carbocycles. The van der Waals surface area contributed by atoms with Crippen molar-refractivity contribution >= 4 is 16.8 Å². The van der Waals surface area contributed by atoms with Crippen LogP contribution >= 0.6 is 11.8 Å². The predicted octanol–water partition coefficient (Wildman–Crippen LogP) is 3.11. The van der Waals surface area contributed by atoms with Crippen LogP contribution in [0.3, 0.4) is 0 Å². The third-order valence-electron chi connectivity index (χ3n) is 3.23. The molecule has 2 heterocycles. The molecule has 0 bridgehead atoms. The first-order chi connectivity index (χ1) is 9.90. The minimum atomic E-state index is 0.111. The monoisotopic (exact) mass is 284 g/mol. The highest BCUT2D eigenvalue weighted by Crippen LogP contribution is 2.39. The van der Waals surface area contributed by atoms with Gasteiger partial charge in [-0.1, -0.05) is 48.2 Å². The van der Waals surface area contributed by atoms with Crippen LogP contribution < -0.4 is 14.9 Å². The lowest BCUT2D eigenvalue weighted by Gasteiger charge is -2.10. The second kappa shape index (κ2) is 4.76. The summed E-state index contributed by atoms with van der Waals surface area (Å²) in [6, 6.07) is 16.2. The van der Waals surface area contributed by atoms with Gasteiger partial charge in [0.1, 0.15) is 10.4 Å². The molecule has 2 aliphatic rings. The van der Waals surface area contributed by atoms with Crippen molar-refractivity contribution in [2.24, 2.45) is 5.10 Å². The number of fused-ring (bicyclic) bond motifs is 1. The van der Waals surface area contributed by atoms with Crippen LogP contribution in [0.15, 0.2) is 53.6 Å². The van der Waals surface area contributed by atoms with Gasteiger partial charge in [0.25, 0.3) is 0 Å². The van der Waals surface area contributed by atoms with Crippen molar-refractivity contribution in [1.82, 2.24) is 5.43 Å². The number of hydrazone groups is 1. The fourth-order valence-electron chi connectivity index (χ4n) is 2.21. The minimum absolute atomic E-state index is 0.111. The lowest BCUT2D eigenvalue weighted by atomic mass is 10.2. The van der Waals surface area contributed by atoms with E-state index in [9.17, 15) is 0 Å². The molecule has 0 fully saturated rings. The van der Waals surface area contributed by atoms with E-state index in [2.05, 4.69) is 22.7 Å². The average molecular weight is 284 g/mol. The highest BCUT2D eigenvalue weighted by atomic mass is 32.2. The van der Waals surface area contributed by atoms with Gasteiger partial charge in [0.05, 0.1) is 0 Å². The first-order valence-electron chi connectivity index (χ1n) is 6.35. The highest BCUT2D eigenvalue weighted by Gasteiger charge is 2.24. The Morgan fingerprint density at radius 3 is 2.80 bits per heavy atom. The van der Waals surface area contributed by atoms with Gasteiger partial charge in [-0.05, 0) is 17.7 Å². The van der Waals surface area contributed by atoms with Crippen LogP contribution in [0.25, 0.3) is 0 Å². The lowest BCUT2D eigenvalue weighted by Crippen LogP contribution is -2.06. The lowest BCUT2D eigenvalue weighted by molar-refractivity contribution is 0.174. The van der Waals surface area contributed by atoms with Crippen molar-refractivity contribution in [3.63, 3.8) is 0 Å². The SMILES string of the molecule is c1ccc(C2=NN[C@H](c3ccc4c(c3)OCO4)S2)cc1. The van der Waals surface area contributed by atoms with E-state index < -0.39 is 0 Å². The van der Waals surface area contributed by atoms with Crippen molar-refractivity contribution in [3.8, 4) is 11.5 Å². The van der Waals surface area contributed by atoms with Gasteiger partial charge in [-0.15, -0.1) is 0 Å². The van der Waals surface area contributed by atoms with Gasteiger partial charge in [0.15, 0.2) is 11.5 Å². The molecule has 20 heavy (non-hydrogen) atoms. The molecular formula is C15H12N2O2S. The molecule has 0 amide bonds. The van der Waals surface area contributed by atoms with E-state index in [-0.39, 0.29) is 5.37 Å². The molecule has 1 atom stereocenters. The zero-order chi connectivity index (χ0) is 13.4. The quantitative estimate of drug-likeness (QED) is 0.920. The van der Waals surface area contributed by atoms with Gasteiger partial charge in [0.2, 0.25) is 6.79 Å². The fourth-order valence-corrected chi connectivity index (χ4v) is 3.20. The van der Waals surface area contributed by atoms with Gasteiger partial charge in [-0.25, -0.2) is 0 Å². The van der Waals surface area contributed by atoms with Crippen molar-refractivity contribution in [3.05, 3.63) is 59.7 Å². The van der Waals surface area contributed by atoms with Gasteiger partial charge < -0.3 is 9.47 Å². The molecule has 1 N–H and O–H groups in total. The number of hydrogen-bond donors (Lipinski definition) is 1. The van der Waals surface area contributed by atoms with E-state index in [0.717, 1.165) is 27.7 Å². The first kappa shape index (κ1) is 11.7. The Kier molecular flexibility index (Phi) is 2.77. The Morgan fingerprint density at radius 1 is 1.05 bits per heavy atom. The number of thioether (sulfide) groups is 1. The molecular weight excluding hydrogens is 272 g/mol. The summed E-state index contributed by atoms with van der Waals surface area (Å²) in [5.74, 6) is 1.61. The maximum Gasteiger partial charge on any atom is 0.231 e. The second-order valence-electron chi connectivity index (χ2n) is 4.52. The summed E-state index contributed by atoms with van der Waals surface area (Å²) >= 11 is 1.70. The van der Waals surface area contributed by atoms with Crippen LogP contribution in [0.2, 0.25) is 0 Å². The number of ether oxygens (including phenoxy) is 2. The van der Waals surface area contributed by atoms with Crippen LogP contribution in [0.1, 0.15) is 16.5 Å². The normalized spacial score (nSPS) is 19.6. The molecule has 0 aliphatic carbocycles. The predicted molar refractivity (Wildman–Crippen MR) is 79.0 cm³/mol. The van der Waals surface area contributed by atoms with E-state index in [1.807, 2.05) is 36.4 Å². The van der Waals surface area contributed by atoms with Crippen LogP contribution in [0.4, 0.5) is 0 Å². The smallest absolute Gasteiger partial charge is 0.231 e. The number of nitrogens with zero attached hydrogens (tertiary/aromatic N) is 1. The summed E-state index contributed by atoms with van der Waals surface area (Å²) in [6.07, 6.45) is 0. The van der Waals surface area contributed by atoms with Gasteiger partial charge in [0, 0.05) is 5.56 Å². The summed E-state index contributed by atoms with van der Waals surface area (Å²) in [4.78, 5) is 0. The van der Waals surface area contributed by atoms with Crippen LogP contribution in [0, 0.1) is 0 Å². The first-order valence-corrected chi connectivity index (χ1v) is 7.23. The van der Waals surface area contributed by atoms with Gasteiger partial charge in [-0.2, -0.15) is 5.10 Å². The Bertz CT molecular complexity index is 673. The van der Waals surface area contributed by atoms with Crippen molar-refractivity contribution in [1.29, 1.82) is 0 Å². The Balaban J connectivity index is 1.55. The fraction of sp³-hybridized carbons (Fsp3) is 0.133. The van der Waals surface area contributed by atoms with E-state index >= 15 is 0 Å². The highest BCUT2D eigenvalue weighted by molar-refractivity contribution is 8.14. The van der Waals surface area contributed by atoms with Crippen LogP contribution in [-0.4, -0.2) is 11.8 Å². The van der Waals surface area contributed by atoms with Gasteiger partial charge in [-0.3, -0.25) is 5.43 Å². The zero-order valence-electron chi connectivity index (χ0n) is 10.6. The Morgan fingerprint density at radius 2 is 1.90 bits per heavy atom. The third kappa shape index (κ3) is 2.00. The molecule has 0 saturated heterocycles. The topological polar surface area (TPSA) is 42.9 Å². The maximum absolute atomic E-state index is 5.41. The summed E-state index contributed by atoms with van der Waals surface area (Å²) < 4.78 is 10.7. The Hall–Kier alpha value is -2.14. The summed E-state index contributed by atoms with van der Waals surface area (Å²) in [7, 11) is 0.